The number of aliphatic hydroxyl groups excluding tert-OH is 1. The Balaban J connectivity index is 1.71. The van der Waals surface area contributed by atoms with E-state index in [1.165, 1.54) is 0 Å². The van der Waals surface area contributed by atoms with Crippen molar-refractivity contribution in [2.45, 2.75) is 58.6 Å². The minimum absolute atomic E-state index is 0.173. The molecule has 1 fully saturated rings. The predicted octanol–water partition coefficient (Wildman–Crippen LogP) is 2.46. The van der Waals surface area contributed by atoms with E-state index in [0.717, 1.165) is 50.3 Å². The number of nitrogens with zero attached hydrogens (tertiary/aromatic N) is 2. The number of carbonyl (C=O) groups is 1. The zero-order valence-electron chi connectivity index (χ0n) is 15.7. The van der Waals surface area contributed by atoms with Crippen molar-refractivity contribution in [1.82, 2.24) is 15.6 Å². The van der Waals surface area contributed by atoms with Crippen molar-refractivity contribution in [3.05, 3.63) is 23.9 Å². The van der Waals surface area contributed by atoms with Gasteiger partial charge in [-0.15, -0.1) is 0 Å². The van der Waals surface area contributed by atoms with Crippen LogP contribution in [0.4, 0.5) is 10.6 Å². The fourth-order valence-corrected chi connectivity index (χ4v) is 3.39. The quantitative estimate of drug-likeness (QED) is 0.707. The van der Waals surface area contributed by atoms with Gasteiger partial charge in [0.25, 0.3) is 0 Å². The summed E-state index contributed by atoms with van der Waals surface area (Å²) in [7, 11) is 0. The summed E-state index contributed by atoms with van der Waals surface area (Å²) in [6.45, 7) is 8.21. The molecule has 1 aliphatic rings. The third-order valence-corrected chi connectivity index (χ3v) is 5.09. The van der Waals surface area contributed by atoms with E-state index < -0.39 is 6.10 Å². The topological polar surface area (TPSA) is 77.5 Å². The van der Waals surface area contributed by atoms with Gasteiger partial charge < -0.3 is 20.6 Å². The number of aromatic nitrogens is 1. The minimum atomic E-state index is -0.477. The lowest BCUT2D eigenvalue weighted by molar-refractivity contribution is 0.103. The van der Waals surface area contributed by atoms with Crippen LogP contribution in [0.15, 0.2) is 18.2 Å². The monoisotopic (exact) mass is 348 g/mol. The van der Waals surface area contributed by atoms with Crippen LogP contribution in [-0.2, 0) is 0 Å². The van der Waals surface area contributed by atoms with Crippen LogP contribution in [0.2, 0.25) is 0 Å². The number of aliphatic hydroxyl groups is 1. The molecule has 2 heterocycles. The maximum absolute atomic E-state index is 12.1. The van der Waals surface area contributed by atoms with E-state index in [1.54, 1.807) is 0 Å². The highest BCUT2D eigenvalue weighted by molar-refractivity contribution is 5.74. The Morgan fingerprint density at radius 2 is 2.00 bits per heavy atom. The van der Waals surface area contributed by atoms with Gasteiger partial charge in [-0.3, -0.25) is 0 Å². The number of amides is 2. The van der Waals surface area contributed by atoms with Crippen LogP contribution >= 0.6 is 0 Å². The molecule has 1 atom stereocenters. The molecule has 0 saturated carbocycles. The van der Waals surface area contributed by atoms with Gasteiger partial charge in [-0.05, 0) is 37.8 Å². The second kappa shape index (κ2) is 9.61. The molecule has 1 aromatic rings. The number of anilines is 1. The van der Waals surface area contributed by atoms with Gasteiger partial charge in [0, 0.05) is 31.4 Å². The lowest BCUT2D eigenvalue weighted by Gasteiger charge is -2.33. The van der Waals surface area contributed by atoms with Gasteiger partial charge >= 0.3 is 6.03 Å². The fraction of sp³-hybridized carbons (Fsp3) is 0.684. The maximum atomic E-state index is 12.1. The normalized spacial score (nSPS) is 16.8. The van der Waals surface area contributed by atoms with Crippen molar-refractivity contribution >= 4 is 11.8 Å². The van der Waals surface area contributed by atoms with Crippen LogP contribution in [0.3, 0.4) is 0 Å². The molecule has 0 spiro atoms. The Hall–Kier alpha value is -1.82. The molecule has 2 rings (SSSR count). The first-order chi connectivity index (χ1) is 12.0. The molecule has 1 saturated heterocycles. The SMILES string of the molecule is CCC(CC)C(O)CNC(=O)NC1CCN(c2cccc(C)n2)CC1. The van der Waals surface area contributed by atoms with E-state index in [4.69, 9.17) is 0 Å². The Kier molecular flexibility index (Phi) is 7.50. The fourth-order valence-electron chi connectivity index (χ4n) is 3.39. The first kappa shape index (κ1) is 19.5. The van der Waals surface area contributed by atoms with Crippen molar-refractivity contribution in [1.29, 1.82) is 0 Å². The van der Waals surface area contributed by atoms with Gasteiger partial charge in [0.15, 0.2) is 0 Å². The number of hydrogen-bond donors (Lipinski definition) is 3. The van der Waals surface area contributed by atoms with Crippen LogP contribution in [0.1, 0.15) is 45.2 Å². The average molecular weight is 348 g/mol. The highest BCUT2D eigenvalue weighted by Gasteiger charge is 2.22. The summed E-state index contributed by atoms with van der Waals surface area (Å²) in [6.07, 6.45) is 3.17. The van der Waals surface area contributed by atoms with E-state index in [2.05, 4.69) is 34.4 Å². The first-order valence-electron chi connectivity index (χ1n) is 9.44. The van der Waals surface area contributed by atoms with E-state index in [0.29, 0.717) is 6.54 Å². The van der Waals surface area contributed by atoms with Crippen molar-refractivity contribution in [2.24, 2.45) is 5.92 Å². The number of carbonyl (C=O) groups excluding carboxylic acids is 1. The third kappa shape index (κ3) is 5.88. The van der Waals surface area contributed by atoms with Crippen molar-refractivity contribution < 1.29 is 9.90 Å². The number of nitrogens with one attached hydrogen (secondary N) is 2. The van der Waals surface area contributed by atoms with Gasteiger partial charge in [-0.1, -0.05) is 32.8 Å². The van der Waals surface area contributed by atoms with E-state index in [1.807, 2.05) is 25.1 Å². The zero-order valence-corrected chi connectivity index (χ0v) is 15.7. The van der Waals surface area contributed by atoms with Crippen molar-refractivity contribution in [3.63, 3.8) is 0 Å². The summed E-state index contributed by atoms with van der Waals surface area (Å²) in [5.74, 6) is 1.25. The Morgan fingerprint density at radius 1 is 1.32 bits per heavy atom. The molecule has 1 aromatic heterocycles. The number of pyridine rings is 1. The summed E-state index contributed by atoms with van der Waals surface area (Å²) < 4.78 is 0. The van der Waals surface area contributed by atoms with E-state index >= 15 is 0 Å². The van der Waals surface area contributed by atoms with Gasteiger partial charge in [0.2, 0.25) is 0 Å². The maximum Gasteiger partial charge on any atom is 0.315 e. The van der Waals surface area contributed by atoms with Gasteiger partial charge in [0.05, 0.1) is 6.10 Å². The molecular weight excluding hydrogens is 316 g/mol. The van der Waals surface area contributed by atoms with Crippen molar-refractivity contribution in [2.75, 3.05) is 24.5 Å². The molecular formula is C19H32N4O2. The molecule has 0 aliphatic carbocycles. The molecule has 0 aromatic carbocycles. The Labute approximate surface area is 151 Å². The van der Waals surface area contributed by atoms with Crippen LogP contribution in [0.25, 0.3) is 0 Å². The van der Waals surface area contributed by atoms with Gasteiger partial charge in [-0.25, -0.2) is 9.78 Å². The van der Waals surface area contributed by atoms with Crippen molar-refractivity contribution in [3.8, 4) is 0 Å². The molecule has 140 valence electrons. The van der Waals surface area contributed by atoms with E-state index in [9.17, 15) is 9.90 Å². The molecule has 1 aliphatic heterocycles. The second-order valence-corrected chi connectivity index (χ2v) is 6.90. The number of hydrogen-bond acceptors (Lipinski definition) is 4. The molecule has 0 radical (unpaired) electrons. The van der Waals surface area contributed by atoms with Crippen LogP contribution < -0.4 is 15.5 Å². The smallest absolute Gasteiger partial charge is 0.315 e. The largest absolute Gasteiger partial charge is 0.391 e. The zero-order chi connectivity index (χ0) is 18.2. The predicted molar refractivity (Wildman–Crippen MR) is 101 cm³/mol. The molecule has 2 amide bonds. The lowest BCUT2D eigenvalue weighted by Crippen LogP contribution is -2.49. The summed E-state index contributed by atoms with van der Waals surface area (Å²) >= 11 is 0. The molecule has 25 heavy (non-hydrogen) atoms. The Morgan fingerprint density at radius 3 is 2.60 bits per heavy atom. The standard InChI is InChI=1S/C19H32N4O2/c1-4-15(5-2)17(24)13-20-19(25)22-16-9-11-23(12-10-16)18-8-6-7-14(3)21-18/h6-8,15-17,24H,4-5,9-13H2,1-3H3,(H2,20,22,25). The molecule has 6 heteroatoms. The molecule has 0 bridgehead atoms. The van der Waals surface area contributed by atoms with Gasteiger partial charge in [-0.2, -0.15) is 0 Å². The highest BCUT2D eigenvalue weighted by Crippen LogP contribution is 2.18. The first-order valence-corrected chi connectivity index (χ1v) is 9.44. The average Bonchev–Trinajstić information content (AvgIpc) is 2.61. The summed E-state index contributed by atoms with van der Waals surface area (Å²) in [5, 5.41) is 15.9. The van der Waals surface area contributed by atoms with Crippen LogP contribution in [0.5, 0.6) is 0 Å². The molecule has 6 nitrogen and oxygen atoms in total. The summed E-state index contributed by atoms with van der Waals surface area (Å²) in [4.78, 5) is 18.9. The molecule has 3 N–H and O–H groups in total. The highest BCUT2D eigenvalue weighted by atomic mass is 16.3. The second-order valence-electron chi connectivity index (χ2n) is 6.90. The lowest BCUT2D eigenvalue weighted by atomic mass is 9.97. The molecule has 1 unspecified atom stereocenters. The van der Waals surface area contributed by atoms with Crippen LogP contribution in [-0.4, -0.2) is 47.9 Å². The number of piperidine rings is 1. The number of aryl methyl sites for hydroxylation is 1. The summed E-state index contributed by atoms with van der Waals surface area (Å²) in [5.41, 5.74) is 1.02. The minimum Gasteiger partial charge on any atom is -0.391 e. The number of urea groups is 1. The summed E-state index contributed by atoms with van der Waals surface area (Å²) in [6, 6.07) is 6.05. The number of rotatable bonds is 7. The third-order valence-electron chi connectivity index (χ3n) is 5.09. The van der Waals surface area contributed by atoms with E-state index in [-0.39, 0.29) is 18.0 Å². The van der Waals surface area contributed by atoms with Crippen LogP contribution in [0, 0.1) is 12.8 Å². The van der Waals surface area contributed by atoms with Gasteiger partial charge in [0.1, 0.15) is 5.82 Å². The Bertz CT molecular complexity index is 540.